The standard InChI is InChI=1S/C30H38F3NO3/c1-3-19-7-11-25(12-8-19)37-27-14-10-21-15-20(9-13-26(21)28(27)30(31,32)33)18(2)34-23-5-4-6-24(34)17-22(16-23)29(35)36/h9-10,13-15,18-19,22-25H,3-8,11-12,16-17H2,1-2H3,(H,35,36)/t18-,19?,22?,23?,24?,25?/m0/s1. The number of alkyl halides is 3. The van der Waals surface area contributed by atoms with Crippen molar-refractivity contribution in [1.82, 2.24) is 4.90 Å². The van der Waals surface area contributed by atoms with E-state index in [9.17, 15) is 23.1 Å². The molecule has 202 valence electrons. The first-order valence-corrected chi connectivity index (χ1v) is 14.0. The summed E-state index contributed by atoms with van der Waals surface area (Å²) in [5.41, 5.74) is 0.291. The summed E-state index contributed by atoms with van der Waals surface area (Å²) < 4.78 is 49.0. The van der Waals surface area contributed by atoms with E-state index < -0.39 is 17.7 Å². The number of carboxylic acids is 1. The summed E-state index contributed by atoms with van der Waals surface area (Å²) in [5.74, 6) is -0.439. The summed E-state index contributed by atoms with van der Waals surface area (Å²) in [5, 5.41) is 10.3. The fourth-order valence-electron chi connectivity index (χ4n) is 7.24. The van der Waals surface area contributed by atoms with E-state index in [0.29, 0.717) is 24.1 Å². The zero-order valence-corrected chi connectivity index (χ0v) is 21.8. The van der Waals surface area contributed by atoms with Gasteiger partial charge in [0.25, 0.3) is 0 Å². The fraction of sp³-hybridized carbons (Fsp3) is 0.633. The topological polar surface area (TPSA) is 49.8 Å². The number of fused-ring (bicyclic) bond motifs is 3. The van der Waals surface area contributed by atoms with Crippen molar-refractivity contribution in [1.29, 1.82) is 0 Å². The Morgan fingerprint density at radius 1 is 1.05 bits per heavy atom. The monoisotopic (exact) mass is 517 g/mol. The molecule has 0 radical (unpaired) electrons. The molecule has 3 aliphatic rings. The normalized spacial score (nSPS) is 29.7. The van der Waals surface area contributed by atoms with Gasteiger partial charge in [-0.2, -0.15) is 13.2 Å². The molecular formula is C30H38F3NO3. The Bertz CT molecular complexity index is 1110. The molecule has 2 aromatic carbocycles. The Balaban J connectivity index is 1.42. The van der Waals surface area contributed by atoms with Crippen molar-refractivity contribution in [3.8, 4) is 5.75 Å². The number of benzene rings is 2. The zero-order chi connectivity index (χ0) is 26.3. The smallest absolute Gasteiger partial charge is 0.420 e. The van der Waals surface area contributed by atoms with Crippen molar-refractivity contribution in [3.05, 3.63) is 41.5 Å². The van der Waals surface area contributed by atoms with Gasteiger partial charge in [-0.1, -0.05) is 38.0 Å². The van der Waals surface area contributed by atoms with Crippen LogP contribution in [0.5, 0.6) is 5.75 Å². The molecule has 37 heavy (non-hydrogen) atoms. The zero-order valence-electron chi connectivity index (χ0n) is 21.8. The largest absolute Gasteiger partial charge is 0.490 e. The highest BCUT2D eigenvalue weighted by Crippen LogP contribution is 2.45. The van der Waals surface area contributed by atoms with Crippen molar-refractivity contribution in [2.45, 2.75) is 108 Å². The maximum Gasteiger partial charge on any atom is 0.420 e. The van der Waals surface area contributed by atoms with E-state index in [4.69, 9.17) is 4.74 Å². The second kappa shape index (κ2) is 10.5. The van der Waals surface area contributed by atoms with E-state index in [1.807, 2.05) is 12.1 Å². The molecule has 0 amide bonds. The van der Waals surface area contributed by atoms with Crippen LogP contribution >= 0.6 is 0 Å². The molecule has 3 fully saturated rings. The predicted octanol–water partition coefficient (Wildman–Crippen LogP) is 7.98. The van der Waals surface area contributed by atoms with Crippen LogP contribution < -0.4 is 4.74 Å². The van der Waals surface area contributed by atoms with Crippen LogP contribution in [0.4, 0.5) is 13.2 Å². The summed E-state index contributed by atoms with van der Waals surface area (Å²) in [6, 6.07) is 8.96. The molecule has 2 aromatic rings. The van der Waals surface area contributed by atoms with Crippen LogP contribution in [-0.4, -0.2) is 34.2 Å². The maximum atomic E-state index is 14.3. The number of carbonyl (C=O) groups is 1. The third kappa shape index (κ3) is 5.34. The first-order chi connectivity index (χ1) is 17.7. The Labute approximate surface area is 217 Å². The average Bonchev–Trinajstić information content (AvgIpc) is 2.86. The fourth-order valence-corrected chi connectivity index (χ4v) is 7.24. The van der Waals surface area contributed by atoms with E-state index in [1.165, 1.54) is 6.07 Å². The van der Waals surface area contributed by atoms with Crippen LogP contribution in [0.15, 0.2) is 30.3 Å². The molecule has 1 aliphatic carbocycles. The highest BCUT2D eigenvalue weighted by Gasteiger charge is 2.43. The van der Waals surface area contributed by atoms with Gasteiger partial charge in [0, 0.05) is 18.1 Å². The minimum atomic E-state index is -4.52. The van der Waals surface area contributed by atoms with E-state index in [0.717, 1.165) is 56.9 Å². The average molecular weight is 518 g/mol. The van der Waals surface area contributed by atoms with Crippen molar-refractivity contribution < 1.29 is 27.8 Å². The minimum absolute atomic E-state index is 0.00783. The van der Waals surface area contributed by atoms with E-state index in [-0.39, 0.29) is 41.3 Å². The van der Waals surface area contributed by atoms with Gasteiger partial charge >= 0.3 is 12.1 Å². The second-order valence-electron chi connectivity index (χ2n) is 11.5. The van der Waals surface area contributed by atoms with Gasteiger partial charge in [0.1, 0.15) is 11.3 Å². The lowest BCUT2D eigenvalue weighted by Gasteiger charge is -2.51. The van der Waals surface area contributed by atoms with E-state index in [1.54, 1.807) is 12.1 Å². The predicted molar refractivity (Wildman–Crippen MR) is 138 cm³/mol. The Morgan fingerprint density at radius 3 is 2.32 bits per heavy atom. The summed E-state index contributed by atoms with van der Waals surface area (Å²) in [6.45, 7) is 4.26. The summed E-state index contributed by atoms with van der Waals surface area (Å²) in [7, 11) is 0. The number of halogens is 3. The van der Waals surface area contributed by atoms with Crippen LogP contribution in [0, 0.1) is 11.8 Å². The molecule has 2 heterocycles. The highest BCUT2D eigenvalue weighted by molar-refractivity contribution is 5.89. The lowest BCUT2D eigenvalue weighted by Crippen LogP contribution is -2.53. The van der Waals surface area contributed by atoms with Gasteiger partial charge in [-0.3, -0.25) is 9.69 Å². The van der Waals surface area contributed by atoms with Gasteiger partial charge in [0.2, 0.25) is 0 Å². The van der Waals surface area contributed by atoms with Gasteiger partial charge in [-0.05, 0) is 92.7 Å². The van der Waals surface area contributed by atoms with Gasteiger partial charge in [-0.25, -0.2) is 0 Å². The molecule has 4 nitrogen and oxygen atoms in total. The minimum Gasteiger partial charge on any atom is -0.490 e. The van der Waals surface area contributed by atoms with Crippen LogP contribution in [-0.2, 0) is 11.0 Å². The molecule has 7 heteroatoms. The van der Waals surface area contributed by atoms with Gasteiger partial charge in [0.15, 0.2) is 0 Å². The molecular weight excluding hydrogens is 479 g/mol. The SMILES string of the molecule is CCC1CCC(Oc2ccc3cc([C@H](C)N4C5CCCC4CC(C(=O)O)C5)ccc3c2C(F)(F)F)CC1. The summed E-state index contributed by atoms with van der Waals surface area (Å²) >= 11 is 0. The Hall–Kier alpha value is -2.28. The molecule has 3 atom stereocenters. The second-order valence-corrected chi connectivity index (χ2v) is 11.5. The first-order valence-electron chi connectivity index (χ1n) is 14.0. The highest BCUT2D eigenvalue weighted by atomic mass is 19.4. The lowest BCUT2D eigenvalue weighted by molar-refractivity contribution is -0.147. The number of carboxylic acid groups (broad SMARTS) is 1. The number of rotatable bonds is 6. The van der Waals surface area contributed by atoms with Crippen molar-refractivity contribution >= 4 is 16.7 Å². The summed E-state index contributed by atoms with van der Waals surface area (Å²) in [6.07, 6.45) is 4.34. The molecule has 2 saturated heterocycles. The first kappa shape index (κ1) is 26.3. The number of ether oxygens (including phenoxy) is 1. The molecule has 1 N–H and O–H groups in total. The number of hydrogen-bond donors (Lipinski definition) is 1. The molecule has 2 aliphatic heterocycles. The number of piperidine rings is 2. The molecule has 5 rings (SSSR count). The summed E-state index contributed by atoms with van der Waals surface area (Å²) in [4.78, 5) is 14.1. The Morgan fingerprint density at radius 2 is 1.73 bits per heavy atom. The molecule has 2 unspecified atom stereocenters. The van der Waals surface area contributed by atoms with Gasteiger partial charge in [0.05, 0.1) is 12.0 Å². The molecule has 2 bridgehead atoms. The van der Waals surface area contributed by atoms with E-state index in [2.05, 4.69) is 18.7 Å². The molecule has 1 saturated carbocycles. The van der Waals surface area contributed by atoms with Crippen molar-refractivity contribution in [2.75, 3.05) is 0 Å². The number of aliphatic carboxylic acids is 1. The lowest BCUT2D eigenvalue weighted by atomic mass is 9.77. The third-order valence-electron chi connectivity index (χ3n) is 9.26. The van der Waals surface area contributed by atoms with Crippen LogP contribution in [0.25, 0.3) is 10.8 Å². The van der Waals surface area contributed by atoms with Gasteiger partial charge < -0.3 is 9.84 Å². The van der Waals surface area contributed by atoms with Gasteiger partial charge in [-0.15, -0.1) is 0 Å². The van der Waals surface area contributed by atoms with Crippen LogP contribution in [0.3, 0.4) is 0 Å². The molecule has 0 spiro atoms. The number of hydrogen-bond acceptors (Lipinski definition) is 3. The molecule has 0 aromatic heterocycles. The quantitative estimate of drug-likeness (QED) is 0.422. The maximum absolute atomic E-state index is 14.3. The van der Waals surface area contributed by atoms with Crippen molar-refractivity contribution in [3.63, 3.8) is 0 Å². The number of nitrogens with zero attached hydrogens (tertiary/aromatic N) is 1. The van der Waals surface area contributed by atoms with Crippen LogP contribution in [0.1, 0.15) is 95.2 Å². The van der Waals surface area contributed by atoms with Crippen LogP contribution in [0.2, 0.25) is 0 Å². The van der Waals surface area contributed by atoms with E-state index >= 15 is 0 Å². The van der Waals surface area contributed by atoms with Crippen molar-refractivity contribution in [2.24, 2.45) is 11.8 Å². The Kier molecular flexibility index (Phi) is 7.45. The third-order valence-corrected chi connectivity index (χ3v) is 9.26.